The monoisotopic (exact) mass is 808 g/mol. The quantitative estimate of drug-likeness (QED) is 0.124. The Bertz CT molecular complexity index is 2220. The topological polar surface area (TPSA) is 130 Å². The molecule has 4 aromatic heterocycles. The molecule has 0 bridgehead atoms. The summed E-state index contributed by atoms with van der Waals surface area (Å²) in [6.07, 6.45) is 12.7. The minimum Gasteiger partial charge on any atom is -0.367 e. The fourth-order valence-electron chi connectivity index (χ4n) is 7.51. The molecule has 2 fully saturated rings. The Morgan fingerprint density at radius 2 is 1.15 bits per heavy atom. The number of hydrogen-bond donors (Lipinski definition) is 2. The van der Waals surface area contributed by atoms with Gasteiger partial charge < -0.3 is 20.9 Å². The van der Waals surface area contributed by atoms with Gasteiger partial charge in [0.25, 0.3) is 0 Å². The summed E-state index contributed by atoms with van der Waals surface area (Å²) in [5.74, 6) is 0.968. The van der Waals surface area contributed by atoms with Crippen LogP contribution < -0.4 is 11.1 Å². The Morgan fingerprint density at radius 1 is 0.685 bits per heavy atom. The fraction of sp³-hybridized carbons (Fsp3) is 0.450. The van der Waals surface area contributed by atoms with Gasteiger partial charge in [-0.15, -0.1) is 35.1 Å². The Morgan fingerprint density at radius 3 is 1.65 bits per heavy atom. The molecule has 6 aromatic rings. The first-order chi connectivity index (χ1) is 25.4. The maximum absolute atomic E-state index is 12.1. The third-order valence-corrected chi connectivity index (χ3v) is 13.0. The number of ketones is 2. The first kappa shape index (κ1) is 41.8. The Hall–Kier alpha value is -3.36. The summed E-state index contributed by atoms with van der Waals surface area (Å²) in [5.41, 5.74) is 7.20. The molecule has 2 aliphatic carbocycles. The van der Waals surface area contributed by atoms with Crippen molar-refractivity contribution in [2.45, 2.75) is 89.4 Å². The summed E-state index contributed by atoms with van der Waals surface area (Å²) in [5, 5.41) is 7.68. The number of nitrogens with one attached hydrogen (secondary N) is 1. The van der Waals surface area contributed by atoms with Crippen LogP contribution in [0.1, 0.15) is 85.9 Å². The van der Waals surface area contributed by atoms with Crippen LogP contribution in [0.15, 0.2) is 49.1 Å². The van der Waals surface area contributed by atoms with Gasteiger partial charge in [0.1, 0.15) is 33.3 Å². The molecule has 2 saturated carbocycles. The molecule has 2 aliphatic rings. The van der Waals surface area contributed by atoms with Crippen LogP contribution in [0.4, 0.5) is 5.82 Å². The number of nitrogens with zero attached hydrogens (tertiary/aromatic N) is 6. The third-order valence-electron chi connectivity index (χ3n) is 10.5. The highest BCUT2D eigenvalue weighted by molar-refractivity contribution is 7.26. The van der Waals surface area contributed by atoms with Gasteiger partial charge in [-0.1, -0.05) is 35.9 Å². The SMILES string of the molecule is CC(=O)c1cccc2sc3ncnc(Cl)c3c12.CC(=O)c1cccc2sc3ncnc(NC4CCC(N(C)C)CC4)c3c12.CN(C)C1CCC(N)CC1.Cl. The van der Waals surface area contributed by atoms with E-state index < -0.39 is 0 Å². The number of Topliss-reactive ketones (excluding diaryl/α,β-unsaturated/α-hetero) is 2. The smallest absolute Gasteiger partial charge is 0.160 e. The van der Waals surface area contributed by atoms with E-state index >= 15 is 0 Å². The summed E-state index contributed by atoms with van der Waals surface area (Å²) in [7, 11) is 8.63. The number of nitrogens with two attached hydrogens (primary N) is 1. The van der Waals surface area contributed by atoms with Crippen LogP contribution in [0.3, 0.4) is 0 Å². The number of carbonyl (C=O) groups excluding carboxylic acids is 2. The predicted molar refractivity (Wildman–Crippen MR) is 229 cm³/mol. The molecule has 0 spiro atoms. The number of rotatable bonds is 6. The lowest BCUT2D eigenvalue weighted by Gasteiger charge is -2.33. The van der Waals surface area contributed by atoms with E-state index in [0.717, 1.165) is 70.9 Å². The molecule has 8 rings (SSSR count). The van der Waals surface area contributed by atoms with E-state index in [0.29, 0.717) is 28.8 Å². The second-order valence-electron chi connectivity index (χ2n) is 14.6. The number of benzene rings is 2. The average Bonchev–Trinajstić information content (AvgIpc) is 3.72. The molecular formula is C40H50Cl2N8O2S2. The molecule has 14 heteroatoms. The molecule has 0 unspecified atom stereocenters. The molecular weight excluding hydrogens is 760 g/mol. The van der Waals surface area contributed by atoms with Gasteiger partial charge in [0.05, 0.1) is 10.8 Å². The zero-order valence-electron chi connectivity index (χ0n) is 31.8. The van der Waals surface area contributed by atoms with Crippen molar-refractivity contribution in [3.05, 3.63) is 65.3 Å². The molecule has 54 heavy (non-hydrogen) atoms. The highest BCUT2D eigenvalue weighted by atomic mass is 35.5. The van der Waals surface area contributed by atoms with Crippen molar-refractivity contribution in [3.8, 4) is 0 Å². The van der Waals surface area contributed by atoms with Gasteiger partial charge in [-0.2, -0.15) is 0 Å². The van der Waals surface area contributed by atoms with Crippen molar-refractivity contribution in [2.75, 3.05) is 33.5 Å². The molecule has 0 aliphatic heterocycles. The summed E-state index contributed by atoms with van der Waals surface area (Å²) < 4.78 is 2.10. The van der Waals surface area contributed by atoms with Crippen molar-refractivity contribution in [1.82, 2.24) is 29.7 Å². The number of hydrogen-bond acceptors (Lipinski definition) is 12. The van der Waals surface area contributed by atoms with Gasteiger partial charge in [0, 0.05) is 55.5 Å². The first-order valence-corrected chi connectivity index (χ1v) is 20.3. The largest absolute Gasteiger partial charge is 0.367 e. The third kappa shape index (κ3) is 9.35. The van der Waals surface area contributed by atoms with Crippen LogP contribution in [0, 0.1) is 0 Å². The molecule has 4 heterocycles. The minimum absolute atomic E-state index is 0. The second kappa shape index (κ2) is 18.5. The lowest BCUT2D eigenvalue weighted by molar-refractivity contribution is 0.101. The summed E-state index contributed by atoms with van der Waals surface area (Å²) in [4.78, 5) is 47.3. The van der Waals surface area contributed by atoms with E-state index in [9.17, 15) is 9.59 Å². The molecule has 288 valence electrons. The zero-order chi connectivity index (χ0) is 37.8. The maximum Gasteiger partial charge on any atom is 0.160 e. The van der Waals surface area contributed by atoms with E-state index in [2.05, 4.69) is 69.3 Å². The van der Waals surface area contributed by atoms with E-state index in [1.54, 1.807) is 37.6 Å². The van der Waals surface area contributed by atoms with E-state index in [4.69, 9.17) is 17.3 Å². The lowest BCUT2D eigenvalue weighted by Crippen LogP contribution is -2.36. The number of halogens is 2. The van der Waals surface area contributed by atoms with Crippen molar-refractivity contribution in [3.63, 3.8) is 0 Å². The summed E-state index contributed by atoms with van der Waals surface area (Å²) >= 11 is 9.24. The van der Waals surface area contributed by atoms with Crippen LogP contribution in [0.5, 0.6) is 0 Å². The number of anilines is 1. The standard InChI is InChI=1S/C20H24N4OS.C12H7ClN2OS.C8H18N2.ClH/c1-12(25)15-5-4-6-16-17(15)18-19(21-11-22-20(18)26-16)23-13-7-9-14(10-8-13)24(2)3;1-6(16)7-3-2-4-8-9(7)10-11(13)14-5-15-12(10)17-8;1-10(2)8-5-3-7(9)4-6-8;/h4-6,11,13-14H,7-10H2,1-3H3,(H,21,22,23);2-5H,1H3;7-8H,3-6,9H2,1-2H3;1H. The number of thiophene rings is 2. The molecule has 0 radical (unpaired) electrons. The maximum atomic E-state index is 12.1. The predicted octanol–water partition coefficient (Wildman–Crippen LogP) is 9.27. The zero-order valence-corrected chi connectivity index (χ0v) is 35.0. The molecule has 3 N–H and O–H groups in total. The summed E-state index contributed by atoms with van der Waals surface area (Å²) in [6, 6.07) is 13.9. The Labute approximate surface area is 336 Å². The number of aromatic nitrogens is 4. The number of fused-ring (bicyclic) bond motifs is 6. The average molecular weight is 810 g/mol. The fourth-order valence-corrected chi connectivity index (χ4v) is 9.93. The van der Waals surface area contributed by atoms with Gasteiger partial charge in [0.2, 0.25) is 0 Å². The second-order valence-corrected chi connectivity index (χ2v) is 17.0. The van der Waals surface area contributed by atoms with Gasteiger partial charge in [-0.25, -0.2) is 19.9 Å². The molecule has 0 amide bonds. The molecule has 2 aromatic carbocycles. The number of carbonyl (C=O) groups is 2. The van der Waals surface area contributed by atoms with Crippen molar-refractivity contribution >= 4 is 105 Å². The van der Waals surface area contributed by atoms with Crippen LogP contribution in [0.25, 0.3) is 40.6 Å². The molecule has 0 saturated heterocycles. The lowest BCUT2D eigenvalue weighted by atomic mass is 9.90. The normalized spacial score (nSPS) is 20.0. The first-order valence-electron chi connectivity index (χ1n) is 18.3. The highest BCUT2D eigenvalue weighted by Gasteiger charge is 2.25. The van der Waals surface area contributed by atoms with E-state index in [1.807, 2.05) is 24.3 Å². The summed E-state index contributed by atoms with van der Waals surface area (Å²) in [6.45, 7) is 3.17. The van der Waals surface area contributed by atoms with Crippen molar-refractivity contribution in [2.24, 2.45) is 5.73 Å². The van der Waals surface area contributed by atoms with Gasteiger partial charge in [0.15, 0.2) is 11.6 Å². The van der Waals surface area contributed by atoms with Crippen molar-refractivity contribution < 1.29 is 9.59 Å². The molecule has 10 nitrogen and oxygen atoms in total. The van der Waals surface area contributed by atoms with Crippen LogP contribution in [0.2, 0.25) is 5.15 Å². The van der Waals surface area contributed by atoms with Crippen LogP contribution in [-0.4, -0.2) is 93.7 Å². The van der Waals surface area contributed by atoms with E-state index in [-0.39, 0.29) is 24.0 Å². The molecule has 0 atom stereocenters. The van der Waals surface area contributed by atoms with Gasteiger partial charge in [-0.3, -0.25) is 9.59 Å². The van der Waals surface area contributed by atoms with Gasteiger partial charge >= 0.3 is 0 Å². The van der Waals surface area contributed by atoms with Crippen LogP contribution in [-0.2, 0) is 0 Å². The van der Waals surface area contributed by atoms with E-state index in [1.165, 1.54) is 56.2 Å². The van der Waals surface area contributed by atoms with Crippen LogP contribution >= 0.6 is 46.7 Å². The Balaban J connectivity index is 0.000000172. The van der Waals surface area contributed by atoms with Gasteiger partial charge in [-0.05, 0) is 106 Å². The highest BCUT2D eigenvalue weighted by Crippen LogP contribution is 2.40. The Kier molecular flexibility index (Phi) is 14.3. The minimum atomic E-state index is 0. The van der Waals surface area contributed by atoms with Crippen molar-refractivity contribution in [1.29, 1.82) is 0 Å².